The number of carbonyl (C=O) groups is 2. The maximum atomic E-state index is 11.6. The lowest BCUT2D eigenvalue weighted by atomic mass is 10.1. The highest BCUT2D eigenvalue weighted by Crippen LogP contribution is 2.21. The van der Waals surface area contributed by atoms with Gasteiger partial charge in [0.1, 0.15) is 0 Å². The average molecular weight is 300 g/mol. The van der Waals surface area contributed by atoms with E-state index in [1.54, 1.807) is 6.07 Å². The fraction of sp³-hybridized carbons (Fsp3) is 0.429. The highest BCUT2D eigenvalue weighted by Gasteiger charge is 2.09. The first-order valence-corrected chi connectivity index (χ1v) is 6.35. The van der Waals surface area contributed by atoms with E-state index in [0.29, 0.717) is 17.9 Å². The Kier molecular flexibility index (Phi) is 7.87. The van der Waals surface area contributed by atoms with Crippen LogP contribution in [0.25, 0.3) is 0 Å². The zero-order valence-electron chi connectivity index (χ0n) is 12.0. The van der Waals surface area contributed by atoms with Crippen molar-refractivity contribution in [2.24, 2.45) is 11.7 Å². The van der Waals surface area contributed by atoms with Gasteiger partial charge < -0.3 is 16.4 Å². The molecule has 0 heterocycles. The van der Waals surface area contributed by atoms with Gasteiger partial charge in [-0.05, 0) is 24.6 Å². The van der Waals surface area contributed by atoms with Gasteiger partial charge in [-0.15, -0.1) is 12.4 Å². The van der Waals surface area contributed by atoms with Crippen molar-refractivity contribution in [1.82, 2.24) is 0 Å². The molecule has 0 saturated carbocycles. The van der Waals surface area contributed by atoms with Crippen LogP contribution in [0.15, 0.2) is 18.2 Å². The van der Waals surface area contributed by atoms with Gasteiger partial charge in [-0.1, -0.05) is 19.9 Å². The first-order chi connectivity index (χ1) is 8.93. The summed E-state index contributed by atoms with van der Waals surface area (Å²) in [7, 11) is 0. The number of hydrogen-bond acceptors (Lipinski definition) is 3. The number of rotatable bonds is 5. The maximum absolute atomic E-state index is 11.6. The standard InChI is InChI=1S/C14H21N3O2.ClH/c1-9(2)14(19)16-11-5-4-10(3)12(8-11)17-13(18)6-7-15;/h4-5,8-9H,6-7,15H2,1-3H3,(H,16,19)(H,17,18);1H. The Balaban J connectivity index is 0.00000361. The molecule has 112 valence electrons. The summed E-state index contributed by atoms with van der Waals surface area (Å²) in [6.45, 7) is 5.86. The second-order valence-corrected chi connectivity index (χ2v) is 4.76. The number of halogens is 1. The number of anilines is 2. The van der Waals surface area contributed by atoms with Gasteiger partial charge in [0.15, 0.2) is 0 Å². The van der Waals surface area contributed by atoms with Gasteiger partial charge in [-0.2, -0.15) is 0 Å². The van der Waals surface area contributed by atoms with E-state index in [-0.39, 0.29) is 36.6 Å². The molecule has 0 radical (unpaired) electrons. The molecule has 1 rings (SSSR count). The number of hydrogen-bond donors (Lipinski definition) is 3. The molecule has 0 saturated heterocycles. The minimum absolute atomic E-state index is 0. The summed E-state index contributed by atoms with van der Waals surface area (Å²) in [4.78, 5) is 23.1. The second-order valence-electron chi connectivity index (χ2n) is 4.76. The lowest BCUT2D eigenvalue weighted by Gasteiger charge is -2.12. The third-order valence-corrected chi connectivity index (χ3v) is 2.67. The Morgan fingerprint density at radius 1 is 1.25 bits per heavy atom. The number of aryl methyl sites for hydroxylation is 1. The molecule has 0 atom stereocenters. The Labute approximate surface area is 125 Å². The van der Waals surface area contributed by atoms with Crippen molar-refractivity contribution >= 4 is 35.6 Å². The average Bonchev–Trinajstić information content (AvgIpc) is 2.33. The van der Waals surface area contributed by atoms with Crippen LogP contribution in [0.5, 0.6) is 0 Å². The van der Waals surface area contributed by atoms with Crippen LogP contribution in [0.1, 0.15) is 25.8 Å². The van der Waals surface area contributed by atoms with Crippen LogP contribution in [0.4, 0.5) is 11.4 Å². The largest absolute Gasteiger partial charge is 0.330 e. The van der Waals surface area contributed by atoms with Crippen LogP contribution < -0.4 is 16.4 Å². The van der Waals surface area contributed by atoms with Crippen LogP contribution in [-0.4, -0.2) is 18.4 Å². The molecule has 1 aromatic rings. The first-order valence-electron chi connectivity index (χ1n) is 6.35. The van der Waals surface area contributed by atoms with Crippen molar-refractivity contribution in [2.45, 2.75) is 27.2 Å². The molecule has 0 fully saturated rings. The van der Waals surface area contributed by atoms with Crippen LogP contribution >= 0.6 is 12.4 Å². The molecule has 0 spiro atoms. The monoisotopic (exact) mass is 299 g/mol. The molecule has 2 amide bonds. The van der Waals surface area contributed by atoms with Crippen molar-refractivity contribution in [3.8, 4) is 0 Å². The van der Waals surface area contributed by atoms with Gasteiger partial charge in [-0.3, -0.25) is 9.59 Å². The minimum Gasteiger partial charge on any atom is -0.330 e. The first kappa shape index (κ1) is 18.4. The third-order valence-electron chi connectivity index (χ3n) is 2.67. The number of benzene rings is 1. The van der Waals surface area contributed by atoms with Crippen molar-refractivity contribution in [3.63, 3.8) is 0 Å². The summed E-state index contributed by atoms with van der Waals surface area (Å²) < 4.78 is 0. The lowest BCUT2D eigenvalue weighted by Crippen LogP contribution is -2.19. The number of amides is 2. The molecular weight excluding hydrogens is 278 g/mol. The smallest absolute Gasteiger partial charge is 0.226 e. The van der Waals surface area contributed by atoms with Crippen LogP contribution in [-0.2, 0) is 9.59 Å². The molecule has 0 aliphatic carbocycles. The van der Waals surface area contributed by atoms with Crippen LogP contribution in [0.2, 0.25) is 0 Å². The van der Waals surface area contributed by atoms with Crippen molar-refractivity contribution in [1.29, 1.82) is 0 Å². The van der Waals surface area contributed by atoms with Gasteiger partial charge in [0.25, 0.3) is 0 Å². The van der Waals surface area contributed by atoms with Gasteiger partial charge in [-0.25, -0.2) is 0 Å². The van der Waals surface area contributed by atoms with Gasteiger partial charge in [0.05, 0.1) is 0 Å². The summed E-state index contributed by atoms with van der Waals surface area (Å²) in [6.07, 6.45) is 0.280. The van der Waals surface area contributed by atoms with Crippen molar-refractivity contribution in [2.75, 3.05) is 17.2 Å². The molecule has 1 aromatic carbocycles. The van der Waals surface area contributed by atoms with E-state index in [0.717, 1.165) is 5.56 Å². The van der Waals surface area contributed by atoms with E-state index >= 15 is 0 Å². The van der Waals surface area contributed by atoms with E-state index in [9.17, 15) is 9.59 Å². The normalized spacial score (nSPS) is 9.85. The quantitative estimate of drug-likeness (QED) is 0.780. The number of nitrogens with two attached hydrogens (primary N) is 1. The second kappa shape index (κ2) is 8.55. The Hall–Kier alpha value is -1.59. The van der Waals surface area contributed by atoms with E-state index in [4.69, 9.17) is 5.73 Å². The topological polar surface area (TPSA) is 84.2 Å². The minimum atomic E-state index is -0.127. The summed E-state index contributed by atoms with van der Waals surface area (Å²) in [5.41, 5.74) is 7.64. The third kappa shape index (κ3) is 5.59. The molecule has 6 heteroatoms. The van der Waals surface area contributed by atoms with Crippen LogP contribution in [0, 0.1) is 12.8 Å². The zero-order valence-corrected chi connectivity index (χ0v) is 12.8. The Morgan fingerprint density at radius 3 is 2.45 bits per heavy atom. The summed E-state index contributed by atoms with van der Waals surface area (Å²) >= 11 is 0. The predicted octanol–water partition coefficient (Wildman–Crippen LogP) is 2.30. The zero-order chi connectivity index (χ0) is 14.4. The highest BCUT2D eigenvalue weighted by atomic mass is 35.5. The lowest BCUT2D eigenvalue weighted by molar-refractivity contribution is -0.119. The van der Waals surface area contributed by atoms with E-state index in [1.165, 1.54) is 0 Å². The van der Waals surface area contributed by atoms with E-state index < -0.39 is 0 Å². The molecule has 5 nitrogen and oxygen atoms in total. The van der Waals surface area contributed by atoms with Crippen molar-refractivity contribution in [3.05, 3.63) is 23.8 Å². The highest BCUT2D eigenvalue weighted by molar-refractivity contribution is 5.95. The summed E-state index contributed by atoms with van der Waals surface area (Å²) in [6, 6.07) is 5.42. The number of carbonyl (C=O) groups excluding carboxylic acids is 2. The van der Waals surface area contributed by atoms with Gasteiger partial charge >= 0.3 is 0 Å². The molecule has 0 aliphatic heterocycles. The molecular formula is C14H22ClN3O2. The Morgan fingerprint density at radius 2 is 1.90 bits per heavy atom. The van der Waals surface area contributed by atoms with Crippen LogP contribution in [0.3, 0.4) is 0 Å². The molecule has 20 heavy (non-hydrogen) atoms. The fourth-order valence-electron chi connectivity index (χ4n) is 1.46. The van der Waals surface area contributed by atoms with Gasteiger partial charge in [0.2, 0.25) is 11.8 Å². The molecule has 0 bridgehead atoms. The summed E-state index contributed by atoms with van der Waals surface area (Å²) in [5, 5.41) is 5.58. The molecule has 4 N–H and O–H groups in total. The molecule has 0 unspecified atom stereocenters. The maximum Gasteiger partial charge on any atom is 0.226 e. The Bertz CT molecular complexity index is 475. The molecule has 0 aliphatic rings. The van der Waals surface area contributed by atoms with E-state index in [1.807, 2.05) is 32.9 Å². The molecule has 0 aromatic heterocycles. The number of nitrogens with one attached hydrogen (secondary N) is 2. The summed E-state index contributed by atoms with van der Waals surface area (Å²) in [5.74, 6) is -0.266. The SMILES string of the molecule is Cc1ccc(NC(=O)C(C)C)cc1NC(=O)CCN.Cl. The van der Waals surface area contributed by atoms with E-state index in [2.05, 4.69) is 10.6 Å². The van der Waals surface area contributed by atoms with Gasteiger partial charge in [0, 0.05) is 30.3 Å². The van der Waals surface area contributed by atoms with Crippen molar-refractivity contribution < 1.29 is 9.59 Å². The predicted molar refractivity (Wildman–Crippen MR) is 84.2 cm³/mol. The fourth-order valence-corrected chi connectivity index (χ4v) is 1.46.